The van der Waals surface area contributed by atoms with E-state index < -0.39 is 14.6 Å². The van der Waals surface area contributed by atoms with E-state index in [4.69, 9.17) is 0 Å². The smallest absolute Gasteiger partial charge is 0.163 e. The third kappa shape index (κ3) is 2.23. The first-order valence-corrected chi connectivity index (χ1v) is 8.54. The van der Waals surface area contributed by atoms with Crippen molar-refractivity contribution in [2.24, 2.45) is 0 Å². The standard InChI is InChI=1S/C15H14N4O2S/c1-22(20,21)15(14-6-9-17-11-19-14)7-3-2-4-12(15)13-5-8-16-10-18-13/h2-6,8-11H,7H2,1H3. The first-order chi connectivity index (χ1) is 10.6. The number of hydrogen-bond donors (Lipinski definition) is 0. The topological polar surface area (TPSA) is 85.7 Å². The van der Waals surface area contributed by atoms with E-state index in [-0.39, 0.29) is 0 Å². The summed E-state index contributed by atoms with van der Waals surface area (Å²) in [6.07, 6.45) is 12.9. The van der Waals surface area contributed by atoms with Crippen molar-refractivity contribution in [3.05, 3.63) is 66.8 Å². The Morgan fingerprint density at radius 3 is 2.41 bits per heavy atom. The lowest BCUT2D eigenvalue weighted by atomic mass is 9.85. The van der Waals surface area contributed by atoms with E-state index in [1.165, 1.54) is 18.9 Å². The van der Waals surface area contributed by atoms with Gasteiger partial charge in [0.15, 0.2) is 9.84 Å². The molecule has 1 aliphatic carbocycles. The average Bonchev–Trinajstić information content (AvgIpc) is 2.55. The molecule has 0 saturated carbocycles. The second-order valence-corrected chi connectivity index (χ2v) is 7.24. The largest absolute Gasteiger partial charge is 0.245 e. The summed E-state index contributed by atoms with van der Waals surface area (Å²) in [5.41, 5.74) is 1.61. The van der Waals surface area contributed by atoms with E-state index in [2.05, 4.69) is 19.9 Å². The molecule has 0 N–H and O–H groups in total. The summed E-state index contributed by atoms with van der Waals surface area (Å²) in [6, 6.07) is 3.33. The molecule has 2 heterocycles. The molecule has 1 atom stereocenters. The van der Waals surface area contributed by atoms with Gasteiger partial charge >= 0.3 is 0 Å². The van der Waals surface area contributed by atoms with E-state index >= 15 is 0 Å². The number of nitrogens with zero attached hydrogens (tertiary/aromatic N) is 4. The number of rotatable bonds is 3. The molecular weight excluding hydrogens is 300 g/mol. The predicted octanol–water partition coefficient (Wildman–Crippen LogP) is 1.55. The minimum Gasteiger partial charge on any atom is -0.245 e. The van der Waals surface area contributed by atoms with Crippen molar-refractivity contribution in [3.63, 3.8) is 0 Å². The van der Waals surface area contributed by atoms with Crippen molar-refractivity contribution >= 4 is 15.4 Å². The maximum absolute atomic E-state index is 12.7. The molecule has 0 aromatic carbocycles. The monoisotopic (exact) mass is 314 g/mol. The third-order valence-corrected chi connectivity index (χ3v) is 5.59. The summed E-state index contributed by atoms with van der Waals surface area (Å²) in [5.74, 6) is 0. The number of allylic oxidation sites excluding steroid dienone is 3. The first-order valence-electron chi connectivity index (χ1n) is 6.65. The molecule has 2 aromatic heterocycles. The SMILES string of the molecule is CS(=O)(=O)C1(c2ccncn2)CC=CC=C1c1ccncn1. The molecule has 0 aliphatic heterocycles. The molecule has 6 nitrogen and oxygen atoms in total. The molecule has 1 unspecified atom stereocenters. The fourth-order valence-corrected chi connectivity index (χ4v) is 4.17. The Morgan fingerprint density at radius 2 is 1.82 bits per heavy atom. The van der Waals surface area contributed by atoms with E-state index in [9.17, 15) is 8.42 Å². The zero-order valence-electron chi connectivity index (χ0n) is 11.9. The van der Waals surface area contributed by atoms with E-state index in [1.54, 1.807) is 30.6 Å². The van der Waals surface area contributed by atoms with Gasteiger partial charge in [0.1, 0.15) is 17.4 Å². The Morgan fingerprint density at radius 1 is 1.09 bits per heavy atom. The van der Waals surface area contributed by atoms with Gasteiger partial charge < -0.3 is 0 Å². The Bertz CT molecular complexity index is 832. The van der Waals surface area contributed by atoms with E-state index in [1.807, 2.05) is 12.2 Å². The second kappa shape index (κ2) is 5.42. The van der Waals surface area contributed by atoms with Crippen LogP contribution in [0.15, 0.2) is 55.4 Å². The van der Waals surface area contributed by atoms with Crippen LogP contribution in [0.25, 0.3) is 5.57 Å². The minimum atomic E-state index is -3.51. The summed E-state index contributed by atoms with van der Waals surface area (Å²) in [5, 5.41) is 0. The number of sulfone groups is 1. The van der Waals surface area contributed by atoms with Gasteiger partial charge in [-0.2, -0.15) is 0 Å². The van der Waals surface area contributed by atoms with Gasteiger partial charge in [-0.1, -0.05) is 18.2 Å². The highest BCUT2D eigenvalue weighted by atomic mass is 32.2. The molecular formula is C15H14N4O2S. The van der Waals surface area contributed by atoms with Gasteiger partial charge in [0.05, 0.1) is 11.4 Å². The van der Waals surface area contributed by atoms with Crippen LogP contribution in [0.4, 0.5) is 0 Å². The zero-order valence-corrected chi connectivity index (χ0v) is 12.7. The van der Waals surface area contributed by atoms with Crippen LogP contribution in [-0.2, 0) is 14.6 Å². The Labute approximate surface area is 128 Å². The number of aromatic nitrogens is 4. The molecule has 0 saturated heterocycles. The number of hydrogen-bond acceptors (Lipinski definition) is 6. The van der Waals surface area contributed by atoms with Crippen molar-refractivity contribution in [2.45, 2.75) is 11.2 Å². The molecule has 22 heavy (non-hydrogen) atoms. The lowest BCUT2D eigenvalue weighted by Crippen LogP contribution is -2.38. The summed E-state index contributed by atoms with van der Waals surface area (Å²) in [4.78, 5) is 16.2. The Balaban J connectivity index is 2.31. The van der Waals surface area contributed by atoms with Gasteiger partial charge in [0, 0.05) is 24.2 Å². The van der Waals surface area contributed by atoms with Crippen LogP contribution in [-0.4, -0.2) is 34.6 Å². The highest BCUT2D eigenvalue weighted by molar-refractivity contribution is 7.92. The van der Waals surface area contributed by atoms with Gasteiger partial charge in [-0.05, 0) is 18.6 Å². The Hall–Kier alpha value is -2.41. The van der Waals surface area contributed by atoms with Gasteiger partial charge in [-0.15, -0.1) is 0 Å². The van der Waals surface area contributed by atoms with Crippen molar-refractivity contribution in [1.29, 1.82) is 0 Å². The van der Waals surface area contributed by atoms with Gasteiger partial charge in [0.25, 0.3) is 0 Å². The maximum Gasteiger partial charge on any atom is 0.163 e. The highest BCUT2D eigenvalue weighted by Gasteiger charge is 2.48. The van der Waals surface area contributed by atoms with Gasteiger partial charge in [0.2, 0.25) is 0 Å². The van der Waals surface area contributed by atoms with Crippen LogP contribution in [0.2, 0.25) is 0 Å². The van der Waals surface area contributed by atoms with Crippen LogP contribution < -0.4 is 0 Å². The molecule has 3 rings (SSSR count). The summed E-state index contributed by atoms with van der Waals surface area (Å²) in [7, 11) is -3.51. The zero-order chi connectivity index (χ0) is 15.6. The molecule has 2 aromatic rings. The molecule has 112 valence electrons. The lowest BCUT2D eigenvalue weighted by molar-refractivity contribution is 0.563. The van der Waals surface area contributed by atoms with Crippen LogP contribution in [0.3, 0.4) is 0 Å². The van der Waals surface area contributed by atoms with Crippen LogP contribution in [0, 0.1) is 0 Å². The molecule has 0 bridgehead atoms. The fraction of sp³-hybridized carbons (Fsp3) is 0.200. The van der Waals surface area contributed by atoms with Gasteiger partial charge in [-0.3, -0.25) is 0 Å². The van der Waals surface area contributed by atoms with Crippen LogP contribution in [0.5, 0.6) is 0 Å². The van der Waals surface area contributed by atoms with Crippen molar-refractivity contribution in [3.8, 4) is 0 Å². The predicted molar refractivity (Wildman–Crippen MR) is 82.3 cm³/mol. The quantitative estimate of drug-likeness (QED) is 0.854. The molecule has 0 amide bonds. The van der Waals surface area contributed by atoms with Crippen molar-refractivity contribution in [1.82, 2.24) is 19.9 Å². The minimum absolute atomic E-state index is 0.304. The summed E-state index contributed by atoms with van der Waals surface area (Å²) < 4.78 is 24.2. The average molecular weight is 314 g/mol. The van der Waals surface area contributed by atoms with E-state index in [0.29, 0.717) is 23.4 Å². The molecule has 1 aliphatic rings. The Kier molecular flexibility index (Phi) is 3.58. The van der Waals surface area contributed by atoms with Crippen molar-refractivity contribution < 1.29 is 8.42 Å². The first kappa shape index (κ1) is 14.5. The molecule has 0 radical (unpaired) electrons. The van der Waals surface area contributed by atoms with E-state index in [0.717, 1.165) is 0 Å². The summed E-state index contributed by atoms with van der Waals surface area (Å²) in [6.45, 7) is 0. The summed E-state index contributed by atoms with van der Waals surface area (Å²) >= 11 is 0. The van der Waals surface area contributed by atoms with Crippen LogP contribution in [0.1, 0.15) is 17.8 Å². The second-order valence-electron chi connectivity index (χ2n) is 5.00. The highest BCUT2D eigenvalue weighted by Crippen LogP contribution is 2.46. The third-order valence-electron chi connectivity index (χ3n) is 3.73. The van der Waals surface area contributed by atoms with Gasteiger partial charge in [-0.25, -0.2) is 28.4 Å². The molecule has 0 fully saturated rings. The molecule has 0 spiro atoms. The molecule has 7 heteroatoms. The van der Waals surface area contributed by atoms with Crippen molar-refractivity contribution in [2.75, 3.05) is 6.26 Å². The normalized spacial score (nSPS) is 21.4. The fourth-order valence-electron chi connectivity index (χ4n) is 2.70. The van der Waals surface area contributed by atoms with Crippen LogP contribution >= 0.6 is 0 Å². The lowest BCUT2D eigenvalue weighted by Gasteiger charge is -2.34. The maximum atomic E-state index is 12.7.